The summed E-state index contributed by atoms with van der Waals surface area (Å²) in [5.74, 6) is 0.554. The molecule has 1 unspecified atom stereocenters. The van der Waals surface area contributed by atoms with Gasteiger partial charge in [0.1, 0.15) is 10.0 Å². The highest BCUT2D eigenvalue weighted by molar-refractivity contribution is 7.14. The van der Waals surface area contributed by atoms with Crippen LogP contribution in [0.1, 0.15) is 23.8 Å². The molecule has 0 spiro atoms. The Morgan fingerprint density at radius 1 is 1.18 bits per heavy atom. The molecule has 0 bridgehead atoms. The Morgan fingerprint density at radius 3 is 2.82 bits per heavy atom. The number of aromatic nitrogens is 2. The van der Waals surface area contributed by atoms with Crippen molar-refractivity contribution in [3.8, 4) is 10.6 Å². The lowest BCUT2D eigenvalue weighted by Crippen LogP contribution is -2.28. The summed E-state index contributed by atoms with van der Waals surface area (Å²) >= 11 is 1.73. The third-order valence-corrected chi connectivity index (χ3v) is 4.24. The Balaban J connectivity index is 1.83. The van der Waals surface area contributed by atoms with Crippen LogP contribution in [-0.4, -0.2) is 23.3 Å². The van der Waals surface area contributed by atoms with E-state index in [1.165, 1.54) is 23.4 Å². The fourth-order valence-corrected chi connectivity index (χ4v) is 3.14. The second kappa shape index (κ2) is 4.94. The van der Waals surface area contributed by atoms with E-state index >= 15 is 0 Å². The third kappa shape index (κ3) is 2.37. The number of nitrogens with zero attached hydrogens (tertiary/aromatic N) is 2. The molecular weight excluding hydrogens is 230 g/mol. The molecule has 4 heteroatoms. The summed E-state index contributed by atoms with van der Waals surface area (Å²) in [5.41, 5.74) is 1.17. The Labute approximate surface area is 105 Å². The van der Waals surface area contributed by atoms with Gasteiger partial charge >= 0.3 is 0 Å². The number of piperidine rings is 1. The molecule has 0 aliphatic carbocycles. The quantitative estimate of drug-likeness (QED) is 0.884. The maximum atomic E-state index is 4.34. The van der Waals surface area contributed by atoms with Crippen molar-refractivity contribution in [2.45, 2.75) is 18.8 Å². The van der Waals surface area contributed by atoms with E-state index in [4.69, 9.17) is 0 Å². The van der Waals surface area contributed by atoms with Gasteiger partial charge in [0.2, 0.25) is 0 Å². The van der Waals surface area contributed by atoms with Crippen molar-refractivity contribution in [3.63, 3.8) is 0 Å². The highest BCUT2D eigenvalue weighted by Gasteiger charge is 2.19. The van der Waals surface area contributed by atoms with Crippen molar-refractivity contribution >= 4 is 11.3 Å². The summed E-state index contributed by atoms with van der Waals surface area (Å²) in [6.45, 7) is 2.18. The van der Waals surface area contributed by atoms with Crippen LogP contribution >= 0.6 is 11.3 Å². The summed E-state index contributed by atoms with van der Waals surface area (Å²) in [6.07, 6.45) is 2.47. The molecule has 1 N–H and O–H groups in total. The first-order valence-corrected chi connectivity index (χ1v) is 6.84. The molecule has 88 valence electrons. The predicted octanol–water partition coefficient (Wildman–Crippen LogP) is 2.67. The van der Waals surface area contributed by atoms with Gasteiger partial charge < -0.3 is 5.32 Å². The number of benzene rings is 1. The largest absolute Gasteiger partial charge is 0.316 e. The summed E-state index contributed by atoms with van der Waals surface area (Å²) in [5, 5.41) is 14.3. The van der Waals surface area contributed by atoms with Crippen molar-refractivity contribution in [3.05, 3.63) is 35.3 Å². The molecule has 2 heterocycles. The molecule has 1 atom stereocenters. The highest BCUT2D eigenvalue weighted by atomic mass is 32.1. The topological polar surface area (TPSA) is 37.8 Å². The zero-order valence-electron chi connectivity index (χ0n) is 9.60. The second-order valence-corrected chi connectivity index (χ2v) is 5.36. The van der Waals surface area contributed by atoms with Gasteiger partial charge in [0.15, 0.2) is 0 Å². The van der Waals surface area contributed by atoms with E-state index in [1.807, 2.05) is 18.2 Å². The standard InChI is InChI=1S/C13H15N3S/c1-2-5-10(6-3-1)12-15-16-13(17-12)11-7-4-8-14-9-11/h1-3,5-6,11,14H,4,7-9H2. The number of nitrogens with one attached hydrogen (secondary N) is 1. The molecular formula is C13H15N3S. The van der Waals surface area contributed by atoms with Crippen molar-refractivity contribution in [1.29, 1.82) is 0 Å². The van der Waals surface area contributed by atoms with Crippen LogP contribution in [0.25, 0.3) is 10.6 Å². The van der Waals surface area contributed by atoms with Gasteiger partial charge in [-0.3, -0.25) is 0 Å². The van der Waals surface area contributed by atoms with Gasteiger partial charge in [0.05, 0.1) is 0 Å². The van der Waals surface area contributed by atoms with Crippen LogP contribution in [0.2, 0.25) is 0 Å². The Bertz CT molecular complexity index is 474. The SMILES string of the molecule is c1ccc(-c2nnc(C3CCCNC3)s2)cc1. The van der Waals surface area contributed by atoms with Crippen LogP contribution in [0.3, 0.4) is 0 Å². The van der Waals surface area contributed by atoms with Crippen molar-refractivity contribution in [2.75, 3.05) is 13.1 Å². The van der Waals surface area contributed by atoms with Gasteiger partial charge in [-0.05, 0) is 19.4 Å². The van der Waals surface area contributed by atoms with E-state index in [1.54, 1.807) is 11.3 Å². The Hall–Kier alpha value is -1.26. The van der Waals surface area contributed by atoms with Crippen LogP contribution in [0.15, 0.2) is 30.3 Å². The first-order chi connectivity index (χ1) is 8.43. The van der Waals surface area contributed by atoms with Gasteiger partial charge in [-0.25, -0.2) is 0 Å². The van der Waals surface area contributed by atoms with Crippen LogP contribution in [0, 0.1) is 0 Å². The molecule has 1 fully saturated rings. The zero-order chi connectivity index (χ0) is 11.5. The number of rotatable bonds is 2. The lowest BCUT2D eigenvalue weighted by atomic mass is 10.0. The molecule has 0 saturated carbocycles. The Morgan fingerprint density at radius 2 is 2.06 bits per heavy atom. The maximum absolute atomic E-state index is 4.34. The maximum Gasteiger partial charge on any atom is 0.147 e. The summed E-state index contributed by atoms with van der Waals surface area (Å²) in [6, 6.07) is 10.3. The van der Waals surface area contributed by atoms with Gasteiger partial charge in [-0.2, -0.15) is 0 Å². The monoisotopic (exact) mass is 245 g/mol. The third-order valence-electron chi connectivity index (χ3n) is 3.11. The average Bonchev–Trinajstić information content (AvgIpc) is 2.90. The molecule has 1 saturated heterocycles. The highest BCUT2D eigenvalue weighted by Crippen LogP contribution is 2.30. The molecule has 3 rings (SSSR count). The normalized spacial score (nSPS) is 20.4. The molecule has 3 nitrogen and oxygen atoms in total. The molecule has 1 aromatic carbocycles. The fourth-order valence-electron chi connectivity index (χ4n) is 2.16. The summed E-state index contributed by atoms with van der Waals surface area (Å²) in [4.78, 5) is 0. The molecule has 0 amide bonds. The minimum atomic E-state index is 0.554. The number of hydrogen-bond donors (Lipinski definition) is 1. The van der Waals surface area contributed by atoms with Gasteiger partial charge in [-0.1, -0.05) is 41.7 Å². The van der Waals surface area contributed by atoms with Crippen LogP contribution < -0.4 is 5.32 Å². The van der Waals surface area contributed by atoms with E-state index in [0.717, 1.165) is 18.1 Å². The summed E-state index contributed by atoms with van der Waals surface area (Å²) < 4.78 is 0. The minimum absolute atomic E-state index is 0.554. The molecule has 2 aromatic rings. The van der Waals surface area contributed by atoms with E-state index in [9.17, 15) is 0 Å². The van der Waals surface area contributed by atoms with Crippen LogP contribution in [0.5, 0.6) is 0 Å². The molecule has 1 aliphatic rings. The van der Waals surface area contributed by atoms with E-state index < -0.39 is 0 Å². The minimum Gasteiger partial charge on any atom is -0.316 e. The Kier molecular flexibility index (Phi) is 3.16. The van der Waals surface area contributed by atoms with E-state index in [2.05, 4.69) is 27.6 Å². The van der Waals surface area contributed by atoms with Crippen molar-refractivity contribution in [2.24, 2.45) is 0 Å². The first-order valence-electron chi connectivity index (χ1n) is 6.03. The lowest BCUT2D eigenvalue weighted by Gasteiger charge is -2.19. The van der Waals surface area contributed by atoms with Gasteiger partial charge in [0, 0.05) is 18.0 Å². The van der Waals surface area contributed by atoms with Crippen molar-refractivity contribution in [1.82, 2.24) is 15.5 Å². The zero-order valence-corrected chi connectivity index (χ0v) is 10.4. The molecule has 1 aliphatic heterocycles. The van der Waals surface area contributed by atoms with Crippen LogP contribution in [0.4, 0.5) is 0 Å². The van der Waals surface area contributed by atoms with Crippen molar-refractivity contribution < 1.29 is 0 Å². The molecule has 17 heavy (non-hydrogen) atoms. The molecule has 0 radical (unpaired) electrons. The second-order valence-electron chi connectivity index (χ2n) is 4.35. The average molecular weight is 245 g/mol. The smallest absolute Gasteiger partial charge is 0.147 e. The predicted molar refractivity (Wildman–Crippen MR) is 70.2 cm³/mol. The van der Waals surface area contributed by atoms with Gasteiger partial charge in [-0.15, -0.1) is 10.2 Å². The fraction of sp³-hybridized carbons (Fsp3) is 0.385. The molecule has 1 aromatic heterocycles. The van der Waals surface area contributed by atoms with Gasteiger partial charge in [0.25, 0.3) is 0 Å². The van der Waals surface area contributed by atoms with E-state index in [0.29, 0.717) is 5.92 Å². The first kappa shape index (κ1) is 10.9. The van der Waals surface area contributed by atoms with Crippen LogP contribution in [-0.2, 0) is 0 Å². The number of hydrogen-bond acceptors (Lipinski definition) is 4. The summed E-state index contributed by atoms with van der Waals surface area (Å²) in [7, 11) is 0. The lowest BCUT2D eigenvalue weighted by molar-refractivity contribution is 0.458. The van der Waals surface area contributed by atoms with E-state index in [-0.39, 0.29) is 0 Å².